The van der Waals surface area contributed by atoms with E-state index in [4.69, 9.17) is 44.3 Å². The molecule has 234 valence electrons. The van der Waals surface area contributed by atoms with Gasteiger partial charge in [-0.25, -0.2) is 9.78 Å². The quantitative estimate of drug-likeness (QED) is 0.0795. The van der Waals surface area contributed by atoms with E-state index in [1.807, 2.05) is 30.3 Å². The second kappa shape index (κ2) is 14.8. The van der Waals surface area contributed by atoms with Crippen molar-refractivity contribution in [2.75, 3.05) is 26.3 Å². The zero-order valence-electron chi connectivity index (χ0n) is 23.5. The van der Waals surface area contributed by atoms with Crippen LogP contribution in [0.25, 0.3) is 10.2 Å². The first-order valence-electron chi connectivity index (χ1n) is 13.8. The van der Waals surface area contributed by atoms with E-state index in [2.05, 4.69) is 15.2 Å². The van der Waals surface area contributed by atoms with Gasteiger partial charge in [0.25, 0.3) is 11.8 Å². The predicted molar refractivity (Wildman–Crippen MR) is 177 cm³/mol. The zero-order valence-corrected chi connectivity index (χ0v) is 28.3. The number of aromatic nitrogens is 1. The average molecular weight is 716 g/mol. The van der Waals surface area contributed by atoms with Gasteiger partial charge in [-0.2, -0.15) is 0 Å². The van der Waals surface area contributed by atoms with Gasteiger partial charge in [0.1, 0.15) is 29.5 Å². The number of amides is 2. The number of carbonyl (C=O) groups excluding carboxylic acids is 3. The largest absolute Gasteiger partial charge is 0.484 e. The molecule has 3 aromatic rings. The molecule has 0 saturated carbocycles. The molecule has 2 aliphatic rings. The van der Waals surface area contributed by atoms with E-state index < -0.39 is 39.6 Å². The highest BCUT2D eigenvalue weighted by Gasteiger charge is 2.53. The summed E-state index contributed by atoms with van der Waals surface area (Å²) in [6.45, 7) is 2.46. The molecule has 2 saturated heterocycles. The number of para-hydroxylation sites is 2. The molecule has 2 fully saturated rings. The second-order valence-corrected chi connectivity index (χ2v) is 16.2. The number of benzene rings is 2. The lowest BCUT2D eigenvalue weighted by atomic mass is 10.0. The molecule has 44 heavy (non-hydrogen) atoms. The number of nitrogens with one attached hydrogen (secondary N) is 1. The van der Waals surface area contributed by atoms with E-state index in [0.29, 0.717) is 11.4 Å². The normalized spacial score (nSPS) is 19.3. The molecular formula is C29H29Cl3N4O5S3. The summed E-state index contributed by atoms with van der Waals surface area (Å²) < 4.78 is 10.9. The van der Waals surface area contributed by atoms with Crippen LogP contribution in [0.5, 0.6) is 5.75 Å². The maximum atomic E-state index is 13.8. The lowest BCUT2D eigenvalue weighted by molar-refractivity contribution is -0.153. The summed E-state index contributed by atoms with van der Waals surface area (Å²) in [6.07, 6.45) is 2.98. The second-order valence-electron chi connectivity index (χ2n) is 10.0. The molecule has 2 unspecified atom stereocenters. The molecule has 0 radical (unpaired) electrons. The number of hydrogen-bond donors (Lipinski definition) is 1. The van der Waals surface area contributed by atoms with Crippen molar-refractivity contribution in [2.45, 2.75) is 45.7 Å². The number of likely N-dealkylation sites (tertiary alicyclic amines) is 2. The van der Waals surface area contributed by atoms with Crippen LogP contribution in [0.2, 0.25) is 0 Å². The molecule has 2 amide bonds. The van der Waals surface area contributed by atoms with Gasteiger partial charge in [-0.15, -0.1) is 11.3 Å². The smallest absolute Gasteiger partial charge is 0.357 e. The molecule has 0 bridgehead atoms. The summed E-state index contributed by atoms with van der Waals surface area (Å²) in [5.41, 5.74) is 1.50. The van der Waals surface area contributed by atoms with Gasteiger partial charge < -0.3 is 19.7 Å². The maximum Gasteiger partial charge on any atom is 0.357 e. The van der Waals surface area contributed by atoms with E-state index in [0.717, 1.165) is 46.9 Å². The number of allylic oxidation sites excluding steroid dienone is 1. The number of esters is 1. The Morgan fingerprint density at radius 3 is 2.48 bits per heavy atom. The Kier molecular flexibility index (Phi) is 11.1. The van der Waals surface area contributed by atoms with Crippen LogP contribution in [0.3, 0.4) is 0 Å². The summed E-state index contributed by atoms with van der Waals surface area (Å²) in [5, 5.41) is 2.12. The van der Waals surface area contributed by atoms with Crippen molar-refractivity contribution >= 4 is 95.7 Å². The van der Waals surface area contributed by atoms with E-state index in [-0.39, 0.29) is 12.3 Å². The number of alkyl halides is 3. The van der Waals surface area contributed by atoms with Gasteiger partial charge in [-0.05, 0) is 61.2 Å². The van der Waals surface area contributed by atoms with Crippen molar-refractivity contribution in [3.05, 3.63) is 66.0 Å². The lowest BCUT2D eigenvalue weighted by Gasteiger charge is -2.47. The molecule has 2 atom stereocenters. The van der Waals surface area contributed by atoms with Gasteiger partial charge in [0.2, 0.25) is 3.79 Å². The number of fused-ring (bicyclic) bond motifs is 1. The molecule has 15 heteroatoms. The van der Waals surface area contributed by atoms with Crippen molar-refractivity contribution in [2.24, 2.45) is 0 Å². The van der Waals surface area contributed by atoms with E-state index in [9.17, 15) is 14.4 Å². The third kappa shape index (κ3) is 8.27. The molecular weight excluding hydrogens is 687 g/mol. The summed E-state index contributed by atoms with van der Waals surface area (Å²) in [6, 6.07) is 15.8. The van der Waals surface area contributed by atoms with Gasteiger partial charge in [0.05, 0.1) is 10.2 Å². The zero-order chi connectivity index (χ0) is 31.3. The van der Waals surface area contributed by atoms with Crippen molar-refractivity contribution in [3.8, 4) is 5.75 Å². The Morgan fingerprint density at radius 1 is 1.07 bits per heavy atom. The topological polar surface area (TPSA) is 101 Å². The predicted octanol–water partition coefficient (Wildman–Crippen LogP) is 6.40. The minimum atomic E-state index is -1.83. The monoisotopic (exact) mass is 714 g/mol. The van der Waals surface area contributed by atoms with E-state index >= 15 is 0 Å². The Bertz CT molecular complexity index is 1500. The number of ether oxygens (including phenoxy) is 2. The van der Waals surface area contributed by atoms with Crippen LogP contribution in [0.15, 0.2) is 70.3 Å². The highest BCUT2D eigenvalue weighted by molar-refractivity contribution is 8.77. The van der Waals surface area contributed by atoms with Crippen LogP contribution < -0.4 is 10.1 Å². The SMILES string of the molecule is CC(=C(C(=O)OCC(Cl)(Cl)Cl)N1C(=O)C(NC(=O)COc2ccccc2)C1SSc1nc2ccccc2s1)N1CCCCC1. The summed E-state index contributed by atoms with van der Waals surface area (Å²) in [4.78, 5) is 48.4. The highest BCUT2D eigenvalue weighted by Crippen LogP contribution is 2.46. The number of carbonyl (C=O) groups is 3. The summed E-state index contributed by atoms with van der Waals surface area (Å²) in [7, 11) is 2.68. The van der Waals surface area contributed by atoms with Crippen molar-refractivity contribution in [1.29, 1.82) is 0 Å². The molecule has 2 aromatic carbocycles. The number of nitrogens with zero attached hydrogens (tertiary/aromatic N) is 3. The first-order chi connectivity index (χ1) is 21.1. The van der Waals surface area contributed by atoms with Gasteiger partial charge in [-0.1, -0.05) is 75.9 Å². The fourth-order valence-corrected chi connectivity index (χ4v) is 8.89. The van der Waals surface area contributed by atoms with Crippen LogP contribution >= 0.6 is 67.7 Å². The lowest BCUT2D eigenvalue weighted by Crippen LogP contribution is -2.70. The molecule has 0 spiro atoms. The number of β-lactam (4-membered cyclic amide) rings is 1. The van der Waals surface area contributed by atoms with Crippen molar-refractivity contribution in [1.82, 2.24) is 20.1 Å². The first kappa shape index (κ1) is 33.0. The number of halogens is 3. The van der Waals surface area contributed by atoms with Gasteiger partial charge in [-0.3, -0.25) is 14.5 Å². The third-order valence-corrected chi connectivity index (χ3v) is 11.3. The van der Waals surface area contributed by atoms with Crippen LogP contribution in [-0.4, -0.2) is 74.1 Å². The summed E-state index contributed by atoms with van der Waals surface area (Å²) >= 11 is 19.1. The molecule has 2 aliphatic heterocycles. The standard InChI is InChI=1S/C29H29Cl3N4O5S3/c1-18(35-14-8-3-9-15-35)24(27(39)41-17-29(30,31)32)36-25(38)23(34-22(37)16-40-19-10-4-2-5-11-19)26(36)43-44-28-33-20-12-6-7-13-21(20)42-28/h2,4-7,10-13,23,26H,3,8-9,14-17H2,1H3,(H,34,37). The minimum absolute atomic E-state index is 0.0552. The van der Waals surface area contributed by atoms with Gasteiger partial charge in [0, 0.05) is 18.8 Å². The van der Waals surface area contributed by atoms with Crippen LogP contribution in [0, 0.1) is 0 Å². The summed E-state index contributed by atoms with van der Waals surface area (Å²) in [5.74, 6) is -1.20. The molecule has 9 nitrogen and oxygen atoms in total. The highest BCUT2D eigenvalue weighted by atomic mass is 35.6. The van der Waals surface area contributed by atoms with Gasteiger partial charge in [0.15, 0.2) is 10.9 Å². The molecule has 5 rings (SSSR count). The van der Waals surface area contributed by atoms with Crippen molar-refractivity contribution in [3.63, 3.8) is 0 Å². The number of rotatable bonds is 11. The van der Waals surface area contributed by atoms with E-state index in [1.165, 1.54) is 37.8 Å². The molecule has 1 aromatic heterocycles. The molecule has 3 heterocycles. The number of thiazole rings is 1. The fourth-order valence-electron chi connectivity index (χ4n) is 4.81. The third-order valence-electron chi connectivity index (χ3n) is 6.94. The van der Waals surface area contributed by atoms with E-state index in [1.54, 1.807) is 31.2 Å². The first-order valence-corrected chi connectivity index (χ1v) is 18.0. The van der Waals surface area contributed by atoms with Gasteiger partial charge >= 0.3 is 5.97 Å². The molecule has 0 aliphatic carbocycles. The fraction of sp³-hybridized carbons (Fsp3) is 0.379. The number of hydrogen-bond acceptors (Lipinski definition) is 10. The van der Waals surface area contributed by atoms with Crippen LogP contribution in [-0.2, 0) is 19.1 Å². The Labute approximate surface area is 282 Å². The number of piperidine rings is 1. The average Bonchev–Trinajstić information content (AvgIpc) is 3.44. The Morgan fingerprint density at radius 2 is 1.77 bits per heavy atom. The Hall–Kier alpha value is -2.35. The van der Waals surface area contributed by atoms with Crippen LogP contribution in [0.1, 0.15) is 26.2 Å². The minimum Gasteiger partial charge on any atom is -0.484 e. The van der Waals surface area contributed by atoms with Crippen LogP contribution in [0.4, 0.5) is 0 Å². The maximum absolute atomic E-state index is 13.8. The molecule has 1 N–H and O–H groups in total. The van der Waals surface area contributed by atoms with Crippen molar-refractivity contribution < 1.29 is 23.9 Å². The Balaban J connectivity index is 1.40.